The van der Waals surface area contributed by atoms with Crippen LogP contribution in [-0.2, 0) is 0 Å². The third-order valence-electron chi connectivity index (χ3n) is 0.175. The maximum absolute atomic E-state index is 9.24. The molecule has 0 rings (SSSR count). The van der Waals surface area contributed by atoms with Crippen LogP contribution in [0.4, 0.5) is 4.79 Å². The molecule has 3 N–H and O–H groups in total. The molecule has 0 aliphatic carbocycles. The Morgan fingerprint density at radius 2 is 2.00 bits per heavy atom. The summed E-state index contributed by atoms with van der Waals surface area (Å²) in [6.07, 6.45) is 0. The van der Waals surface area contributed by atoms with Gasteiger partial charge in [0.05, 0.1) is 0 Å². The van der Waals surface area contributed by atoms with Gasteiger partial charge in [0.1, 0.15) is 0 Å². The van der Waals surface area contributed by atoms with Crippen molar-refractivity contribution in [2.75, 3.05) is 0 Å². The molecule has 0 unspecified atom stereocenters. The standard InChI is InChI=1S/CH4BNO2.Na.H/c3-2-1(4)5;;/h2H,3H2,(H,4,5);;. The van der Waals surface area contributed by atoms with Gasteiger partial charge in [-0.05, 0) is 0 Å². The Bertz CT molecular complexity index is 48.8. The average Bonchev–Trinajstić information content (AvgIpc) is 1.38. The molecule has 0 atom stereocenters. The van der Waals surface area contributed by atoms with Gasteiger partial charge in [-0.25, -0.2) is 0 Å². The second kappa shape index (κ2) is 5.49. The summed E-state index contributed by atoms with van der Waals surface area (Å²) >= 11 is 0. The summed E-state index contributed by atoms with van der Waals surface area (Å²) in [4.78, 5) is 9.24. The van der Waals surface area contributed by atoms with Crippen LogP contribution >= 0.6 is 0 Å². The van der Waals surface area contributed by atoms with Gasteiger partial charge < -0.3 is 10.8 Å². The van der Waals surface area contributed by atoms with Crippen LogP contribution in [0.1, 0.15) is 0 Å². The number of hydrogen-bond donors (Lipinski definition) is 2. The van der Waals surface area contributed by atoms with Gasteiger partial charge in [-0.1, -0.05) is 0 Å². The average molecular weight is 96.9 g/mol. The van der Waals surface area contributed by atoms with Crippen molar-refractivity contribution in [1.29, 1.82) is 0 Å². The monoisotopic (exact) mass is 97.0 g/mol. The second-order valence-electron chi connectivity index (χ2n) is 0.598. The molecule has 0 radical (unpaired) electrons. The molecular weight excluding hydrogens is 91.8 g/mol. The molecule has 0 fully saturated rings. The van der Waals surface area contributed by atoms with Gasteiger partial charge >= 0.3 is 37.0 Å². The first-order chi connectivity index (χ1) is 2.27. The van der Waals surface area contributed by atoms with Gasteiger partial charge in [-0.15, -0.1) is 0 Å². The second-order valence-corrected chi connectivity index (χ2v) is 0.598. The summed E-state index contributed by atoms with van der Waals surface area (Å²) in [5.41, 5.74) is 4.57. The molecule has 6 heavy (non-hydrogen) atoms. The van der Waals surface area contributed by atoms with Gasteiger partial charge in [0.15, 0.2) is 0 Å². The molecule has 0 saturated carbocycles. The molecule has 0 aromatic carbocycles. The fourth-order valence-corrected chi connectivity index (χ4v) is 0. The van der Waals surface area contributed by atoms with E-state index in [-0.39, 0.29) is 37.0 Å². The topological polar surface area (TPSA) is 63.3 Å². The molecule has 0 saturated heterocycles. The predicted molar refractivity (Wildman–Crippen MR) is 26.5 cm³/mol. The SMILES string of the molecule is NBC(=O)O.[NaH]. The Kier molecular flexibility index (Phi) is 8.89. The van der Waals surface area contributed by atoms with Gasteiger partial charge in [-0.2, -0.15) is 0 Å². The maximum atomic E-state index is 9.24. The van der Waals surface area contributed by atoms with Gasteiger partial charge in [-0.3, -0.25) is 4.79 Å². The normalized spacial score (nSPS) is 5.50. The van der Waals surface area contributed by atoms with E-state index in [0.29, 0.717) is 0 Å². The van der Waals surface area contributed by atoms with E-state index in [1.165, 1.54) is 0 Å². The Morgan fingerprint density at radius 3 is 2.00 bits per heavy atom. The molecule has 0 aromatic heterocycles. The zero-order valence-corrected chi connectivity index (χ0v) is 2.64. The third kappa shape index (κ3) is 8.82. The molecule has 5 heteroatoms. The van der Waals surface area contributed by atoms with Gasteiger partial charge in [0.2, 0.25) is 0 Å². The van der Waals surface area contributed by atoms with E-state index in [2.05, 4.69) is 5.64 Å². The molecular formula is CH5BNNaO2. The minimum atomic E-state index is -0.968. The van der Waals surface area contributed by atoms with Crippen LogP contribution in [0.25, 0.3) is 0 Å². The molecule has 0 spiro atoms. The van der Waals surface area contributed by atoms with Crippen LogP contribution in [0, 0.1) is 0 Å². The number of nitrogens with two attached hydrogens (primary N) is 1. The van der Waals surface area contributed by atoms with Crippen LogP contribution in [0.15, 0.2) is 0 Å². The molecule has 0 bridgehead atoms. The summed E-state index contributed by atoms with van der Waals surface area (Å²) in [7, 11) is -0.278. The Labute approximate surface area is 58.5 Å². The Morgan fingerprint density at radius 1 is 1.83 bits per heavy atom. The van der Waals surface area contributed by atoms with Crippen LogP contribution < -0.4 is 5.64 Å². The zero-order valence-electron chi connectivity index (χ0n) is 2.64. The summed E-state index contributed by atoms with van der Waals surface area (Å²) in [5.74, 6) is -0.968. The van der Waals surface area contributed by atoms with E-state index < -0.39 is 5.87 Å². The first-order valence-corrected chi connectivity index (χ1v) is 1.19. The van der Waals surface area contributed by atoms with E-state index in [1.807, 2.05) is 0 Å². The Balaban J connectivity index is 0. The summed E-state index contributed by atoms with van der Waals surface area (Å²) in [6.45, 7) is 0. The van der Waals surface area contributed by atoms with Crippen LogP contribution in [0.5, 0.6) is 0 Å². The minimum absolute atomic E-state index is 0. The van der Waals surface area contributed by atoms with Crippen molar-refractivity contribution in [2.24, 2.45) is 5.64 Å². The van der Waals surface area contributed by atoms with Crippen molar-refractivity contribution in [3.05, 3.63) is 0 Å². The fourth-order valence-electron chi connectivity index (χ4n) is 0. The molecule has 0 aromatic rings. The first kappa shape index (κ1) is 9.71. The number of hydrogen-bond acceptors (Lipinski definition) is 2. The van der Waals surface area contributed by atoms with E-state index in [1.54, 1.807) is 0 Å². The predicted octanol–water partition coefficient (Wildman–Crippen LogP) is -1.67. The molecule has 0 amide bonds. The summed E-state index contributed by atoms with van der Waals surface area (Å²) in [5, 5.41) is 7.60. The third-order valence-corrected chi connectivity index (χ3v) is 0.175. The molecule has 0 aliphatic heterocycles. The summed E-state index contributed by atoms with van der Waals surface area (Å²) < 4.78 is 0. The van der Waals surface area contributed by atoms with Crippen molar-refractivity contribution in [3.8, 4) is 0 Å². The van der Waals surface area contributed by atoms with Crippen molar-refractivity contribution >= 4 is 42.8 Å². The van der Waals surface area contributed by atoms with Crippen LogP contribution in [0.2, 0.25) is 0 Å². The number of rotatable bonds is 1. The van der Waals surface area contributed by atoms with E-state index in [9.17, 15) is 4.79 Å². The van der Waals surface area contributed by atoms with Crippen molar-refractivity contribution in [1.82, 2.24) is 0 Å². The molecule has 0 aliphatic rings. The Hall–Kier alpha value is 0.495. The van der Waals surface area contributed by atoms with E-state index >= 15 is 0 Å². The number of carbonyl (C=O) groups is 1. The van der Waals surface area contributed by atoms with Crippen LogP contribution in [-0.4, -0.2) is 47.9 Å². The van der Waals surface area contributed by atoms with Crippen LogP contribution in [0.3, 0.4) is 0 Å². The number of carboxylic acid groups (broad SMARTS) is 1. The van der Waals surface area contributed by atoms with Gasteiger partial charge in [0.25, 0.3) is 5.87 Å². The zero-order chi connectivity index (χ0) is 4.28. The fraction of sp³-hybridized carbons (Fsp3) is 0. The van der Waals surface area contributed by atoms with Gasteiger partial charge in [0, 0.05) is 0 Å². The van der Waals surface area contributed by atoms with E-state index in [0.717, 1.165) is 0 Å². The van der Waals surface area contributed by atoms with E-state index in [4.69, 9.17) is 5.11 Å². The summed E-state index contributed by atoms with van der Waals surface area (Å²) in [6, 6.07) is 0. The molecule has 0 heterocycles. The van der Waals surface area contributed by atoms with Crippen molar-refractivity contribution in [2.45, 2.75) is 0 Å². The quantitative estimate of drug-likeness (QED) is 0.384. The molecule has 30 valence electrons. The first-order valence-electron chi connectivity index (χ1n) is 1.19. The van der Waals surface area contributed by atoms with Crippen molar-refractivity contribution < 1.29 is 9.90 Å². The van der Waals surface area contributed by atoms with Crippen molar-refractivity contribution in [3.63, 3.8) is 0 Å². The molecule has 3 nitrogen and oxygen atoms in total.